The summed E-state index contributed by atoms with van der Waals surface area (Å²) >= 11 is 3.49. The molecule has 0 amide bonds. The second-order valence-electron chi connectivity index (χ2n) is 6.71. The molecule has 0 radical (unpaired) electrons. The van der Waals surface area contributed by atoms with E-state index in [1.54, 1.807) is 29.2 Å². The second-order valence-corrected chi connectivity index (χ2v) is 7.46. The molecule has 142 valence electrons. The third-order valence-corrected chi connectivity index (χ3v) is 5.70. The average molecular weight is 451 g/mol. The number of benzene rings is 1. The number of nitrogens with zero attached hydrogens (tertiary/aromatic N) is 3. The van der Waals surface area contributed by atoms with Crippen molar-refractivity contribution in [2.24, 2.45) is 0 Å². The maximum Gasteiger partial charge on any atom is 0.321 e. The third kappa shape index (κ3) is 2.75. The molecule has 0 saturated heterocycles. The number of hydrogen-bond acceptors (Lipinski definition) is 3. The summed E-state index contributed by atoms with van der Waals surface area (Å²) in [5.74, 6) is -0.408. The van der Waals surface area contributed by atoms with Gasteiger partial charge in [0, 0.05) is 23.1 Å². The predicted octanol–water partition coefficient (Wildman–Crippen LogP) is 3.95. The highest BCUT2D eigenvalue weighted by Gasteiger charge is 2.26. The van der Waals surface area contributed by atoms with Crippen molar-refractivity contribution in [2.45, 2.75) is 6.92 Å². The van der Waals surface area contributed by atoms with Crippen LogP contribution in [0, 0.1) is 12.7 Å². The summed E-state index contributed by atoms with van der Waals surface area (Å²) in [6.07, 6.45) is 5.14. The quantitative estimate of drug-likeness (QED) is 0.315. The maximum absolute atomic E-state index is 14.3. The number of fused-ring (bicyclic) bond motifs is 2. The molecular weight excluding hydrogens is 437 g/mol. The van der Waals surface area contributed by atoms with Crippen LogP contribution in [0.2, 0.25) is 0 Å². The van der Waals surface area contributed by atoms with Gasteiger partial charge in [-0.1, -0.05) is 12.1 Å². The van der Waals surface area contributed by atoms with Crippen molar-refractivity contribution < 1.29 is 8.96 Å². The van der Waals surface area contributed by atoms with Crippen LogP contribution in [0.5, 0.6) is 0 Å². The van der Waals surface area contributed by atoms with Gasteiger partial charge in [0.15, 0.2) is 12.4 Å². The number of H-pyrrole nitrogens is 2. The monoisotopic (exact) mass is 450 g/mol. The summed E-state index contributed by atoms with van der Waals surface area (Å²) in [6.45, 7) is 1.90. The van der Waals surface area contributed by atoms with Crippen LogP contribution in [0.3, 0.4) is 0 Å². The zero-order valence-electron chi connectivity index (χ0n) is 15.2. The summed E-state index contributed by atoms with van der Waals surface area (Å²) in [5.41, 5.74) is 3.78. The fourth-order valence-electron chi connectivity index (χ4n) is 3.55. The first-order chi connectivity index (χ1) is 14.0. The molecule has 0 bridgehead atoms. The van der Waals surface area contributed by atoms with Crippen molar-refractivity contribution in [3.05, 3.63) is 81.3 Å². The van der Waals surface area contributed by atoms with Crippen molar-refractivity contribution in [1.29, 1.82) is 0 Å². The molecule has 0 spiro atoms. The van der Waals surface area contributed by atoms with Gasteiger partial charge in [-0.2, -0.15) is 9.67 Å². The van der Waals surface area contributed by atoms with Gasteiger partial charge in [0.2, 0.25) is 0 Å². The number of aromatic amines is 2. The van der Waals surface area contributed by atoms with Crippen LogP contribution in [-0.4, -0.2) is 20.2 Å². The normalized spacial score (nSPS) is 11.4. The van der Waals surface area contributed by atoms with Crippen LogP contribution in [-0.2, 0) is 0 Å². The van der Waals surface area contributed by atoms with Crippen LogP contribution >= 0.6 is 15.9 Å². The minimum atomic E-state index is -0.408. The summed E-state index contributed by atoms with van der Waals surface area (Å²) in [6, 6.07) is 10.4. The van der Waals surface area contributed by atoms with Gasteiger partial charge in [0.05, 0.1) is 17.3 Å². The molecule has 6 nitrogen and oxygen atoms in total. The zero-order chi connectivity index (χ0) is 20.1. The Hall–Kier alpha value is -3.39. The smallest absolute Gasteiger partial charge is 0.315 e. The molecule has 0 unspecified atom stereocenters. The van der Waals surface area contributed by atoms with E-state index in [0.717, 1.165) is 5.56 Å². The highest BCUT2D eigenvalue weighted by molar-refractivity contribution is 9.10. The molecule has 8 heteroatoms. The Morgan fingerprint density at radius 2 is 1.97 bits per heavy atom. The summed E-state index contributed by atoms with van der Waals surface area (Å²) < 4.78 is 16.7. The van der Waals surface area contributed by atoms with Gasteiger partial charge < -0.3 is 4.98 Å². The molecule has 0 aliphatic heterocycles. The van der Waals surface area contributed by atoms with Gasteiger partial charge in [-0.25, -0.2) is 9.37 Å². The molecular formula is C21H14BrFN5O+. The van der Waals surface area contributed by atoms with Crippen molar-refractivity contribution >= 4 is 37.9 Å². The van der Waals surface area contributed by atoms with E-state index in [1.165, 1.54) is 6.07 Å². The van der Waals surface area contributed by atoms with E-state index < -0.39 is 5.82 Å². The van der Waals surface area contributed by atoms with E-state index in [0.29, 0.717) is 37.8 Å². The summed E-state index contributed by atoms with van der Waals surface area (Å²) in [4.78, 5) is 20.8. The minimum absolute atomic E-state index is 0.270. The number of rotatable bonds is 2. The van der Waals surface area contributed by atoms with Gasteiger partial charge >= 0.3 is 5.56 Å². The van der Waals surface area contributed by atoms with Gasteiger partial charge in [0.25, 0.3) is 5.69 Å². The standard InChI is InChI=1S/C21H13BrFN5O/c1-11-9-15-18(26-20(11)22)16(12-5-6-14(23)17-13(12)10-24-27-17)19(21(29)25-15)28-7-3-2-4-8-28/h2-10H,1H3,(H-,24,25,27,29)/p+1. The zero-order valence-corrected chi connectivity index (χ0v) is 16.8. The first kappa shape index (κ1) is 17.7. The highest BCUT2D eigenvalue weighted by Crippen LogP contribution is 2.35. The lowest BCUT2D eigenvalue weighted by atomic mass is 9.98. The molecule has 29 heavy (non-hydrogen) atoms. The van der Waals surface area contributed by atoms with Crippen molar-refractivity contribution in [3.8, 4) is 16.8 Å². The topological polar surface area (TPSA) is 78.3 Å². The molecule has 4 heterocycles. The van der Waals surface area contributed by atoms with Crippen LogP contribution in [0.15, 0.2) is 64.4 Å². The average Bonchev–Trinajstić information content (AvgIpc) is 3.21. The number of aryl methyl sites for hydroxylation is 1. The number of pyridine rings is 3. The van der Waals surface area contributed by atoms with Gasteiger partial charge in [-0.15, -0.1) is 0 Å². The van der Waals surface area contributed by atoms with E-state index in [-0.39, 0.29) is 11.1 Å². The first-order valence-corrected chi connectivity index (χ1v) is 9.65. The lowest BCUT2D eigenvalue weighted by Gasteiger charge is -2.11. The lowest BCUT2D eigenvalue weighted by molar-refractivity contribution is -0.596. The summed E-state index contributed by atoms with van der Waals surface area (Å²) in [5, 5.41) is 7.27. The van der Waals surface area contributed by atoms with Gasteiger partial charge in [0.1, 0.15) is 21.5 Å². The molecule has 0 saturated carbocycles. The molecule has 1 aromatic carbocycles. The lowest BCUT2D eigenvalue weighted by Crippen LogP contribution is -2.37. The van der Waals surface area contributed by atoms with E-state index >= 15 is 0 Å². The van der Waals surface area contributed by atoms with Crippen molar-refractivity contribution in [2.75, 3.05) is 0 Å². The molecule has 4 aromatic heterocycles. The molecule has 0 aliphatic carbocycles. The van der Waals surface area contributed by atoms with Gasteiger partial charge in [-0.3, -0.25) is 9.89 Å². The summed E-state index contributed by atoms with van der Waals surface area (Å²) in [7, 11) is 0. The first-order valence-electron chi connectivity index (χ1n) is 8.86. The van der Waals surface area contributed by atoms with Crippen LogP contribution in [0.25, 0.3) is 38.8 Å². The second kappa shape index (κ2) is 6.59. The fraction of sp³-hybridized carbons (Fsp3) is 0.0476. The van der Waals surface area contributed by atoms with Gasteiger partial charge in [-0.05, 0) is 40.5 Å². The van der Waals surface area contributed by atoms with E-state index in [1.807, 2.05) is 31.2 Å². The molecule has 0 atom stereocenters. The van der Waals surface area contributed by atoms with Crippen LogP contribution in [0.4, 0.5) is 4.39 Å². The Kier molecular flexibility index (Phi) is 4.02. The molecule has 0 aliphatic rings. The number of nitrogens with one attached hydrogen (secondary N) is 2. The van der Waals surface area contributed by atoms with Crippen molar-refractivity contribution in [1.82, 2.24) is 20.2 Å². The Labute approximate surface area is 172 Å². The largest absolute Gasteiger partial charge is 0.321 e. The molecule has 5 aromatic rings. The maximum atomic E-state index is 14.3. The Morgan fingerprint density at radius 1 is 1.17 bits per heavy atom. The Bertz CT molecular complexity index is 1460. The Morgan fingerprint density at radius 3 is 2.76 bits per heavy atom. The van der Waals surface area contributed by atoms with Crippen LogP contribution < -0.4 is 10.1 Å². The molecule has 5 rings (SSSR count). The minimum Gasteiger partial charge on any atom is -0.315 e. The Balaban J connectivity index is 2.02. The SMILES string of the molecule is Cc1cc2[nH]c(=O)c(-[n+]3ccccc3)c(-c3ccc(F)c4[nH]ncc34)c2nc1Br. The number of aromatic nitrogens is 5. The van der Waals surface area contributed by atoms with E-state index in [9.17, 15) is 9.18 Å². The predicted molar refractivity (Wildman–Crippen MR) is 111 cm³/mol. The third-order valence-electron chi connectivity index (χ3n) is 4.90. The number of hydrogen-bond donors (Lipinski definition) is 2. The molecule has 0 fully saturated rings. The fourth-order valence-corrected chi connectivity index (χ4v) is 3.85. The molecule has 2 N–H and O–H groups in total. The highest BCUT2D eigenvalue weighted by atomic mass is 79.9. The van der Waals surface area contributed by atoms with Crippen molar-refractivity contribution in [3.63, 3.8) is 0 Å². The van der Waals surface area contributed by atoms with E-state index in [4.69, 9.17) is 4.98 Å². The van der Waals surface area contributed by atoms with E-state index in [2.05, 4.69) is 31.1 Å². The van der Waals surface area contributed by atoms with Crippen LogP contribution in [0.1, 0.15) is 5.56 Å². The number of halogens is 2.